The van der Waals surface area contributed by atoms with Crippen LogP contribution in [0.5, 0.6) is 0 Å². The number of aromatic amines is 1. The second-order valence-electron chi connectivity index (χ2n) is 4.71. The molecule has 0 spiro atoms. The molecule has 0 saturated carbocycles. The number of likely N-dealkylation sites (tertiary alicyclic amines) is 1. The van der Waals surface area contributed by atoms with E-state index in [1.807, 2.05) is 15.8 Å². The summed E-state index contributed by atoms with van der Waals surface area (Å²) in [6.07, 6.45) is 8.51. The predicted octanol–water partition coefficient (Wildman–Crippen LogP) is 0.666. The monoisotopic (exact) mass is 260 g/mol. The summed E-state index contributed by atoms with van der Waals surface area (Å²) in [5.74, 6) is 0.366. The number of amides is 1. The second-order valence-corrected chi connectivity index (χ2v) is 4.71. The quantitative estimate of drug-likeness (QED) is 0.829. The van der Waals surface area contributed by atoms with Crippen LogP contribution in [-0.2, 0) is 0 Å². The van der Waals surface area contributed by atoms with Crippen molar-refractivity contribution in [1.29, 1.82) is 0 Å². The molecule has 19 heavy (non-hydrogen) atoms. The molecule has 1 aliphatic rings. The number of piperidine rings is 1. The summed E-state index contributed by atoms with van der Waals surface area (Å²) >= 11 is 0. The Morgan fingerprint density at radius 3 is 2.79 bits per heavy atom. The average Bonchev–Trinajstić information content (AvgIpc) is 3.09. The summed E-state index contributed by atoms with van der Waals surface area (Å²) in [5.41, 5.74) is 6.34. The van der Waals surface area contributed by atoms with Crippen molar-refractivity contribution >= 4 is 11.6 Å². The van der Waals surface area contributed by atoms with Crippen LogP contribution >= 0.6 is 0 Å². The van der Waals surface area contributed by atoms with Gasteiger partial charge in [0.2, 0.25) is 0 Å². The lowest BCUT2D eigenvalue weighted by Gasteiger charge is -2.31. The fourth-order valence-corrected chi connectivity index (χ4v) is 2.42. The Morgan fingerprint density at radius 2 is 2.21 bits per heavy atom. The number of nitrogens with zero attached hydrogens (tertiary/aromatic N) is 4. The summed E-state index contributed by atoms with van der Waals surface area (Å²) in [4.78, 5) is 20.8. The van der Waals surface area contributed by atoms with Crippen molar-refractivity contribution in [2.24, 2.45) is 0 Å². The normalized spacial score (nSPS) is 16.7. The number of carbonyl (C=O) groups is 1. The summed E-state index contributed by atoms with van der Waals surface area (Å²) in [5, 5.41) is 4.23. The highest BCUT2D eigenvalue weighted by molar-refractivity contribution is 5.90. The molecule has 3 heterocycles. The first-order chi connectivity index (χ1) is 9.24. The van der Waals surface area contributed by atoms with Gasteiger partial charge in [-0.3, -0.25) is 9.48 Å². The Morgan fingerprint density at radius 1 is 1.42 bits per heavy atom. The molecule has 1 saturated heterocycles. The van der Waals surface area contributed by atoms with Crippen LogP contribution in [0.1, 0.15) is 29.5 Å². The van der Waals surface area contributed by atoms with E-state index in [2.05, 4.69) is 15.1 Å². The Balaban J connectivity index is 1.62. The topological polar surface area (TPSA) is 92.8 Å². The SMILES string of the molecule is Nc1cnn(C2CCN(C(=O)c3ncc[nH]3)CC2)c1. The van der Waals surface area contributed by atoms with E-state index in [1.165, 1.54) is 0 Å². The van der Waals surface area contributed by atoms with Crippen molar-refractivity contribution in [3.05, 3.63) is 30.6 Å². The number of imidazole rings is 1. The molecule has 0 unspecified atom stereocenters. The fourth-order valence-electron chi connectivity index (χ4n) is 2.42. The summed E-state index contributed by atoms with van der Waals surface area (Å²) in [7, 11) is 0. The molecule has 100 valence electrons. The largest absolute Gasteiger partial charge is 0.396 e. The van der Waals surface area contributed by atoms with E-state index in [0.717, 1.165) is 12.8 Å². The Hall–Kier alpha value is -2.31. The molecule has 0 aliphatic carbocycles. The minimum Gasteiger partial charge on any atom is -0.396 e. The van der Waals surface area contributed by atoms with Gasteiger partial charge >= 0.3 is 0 Å². The fraction of sp³-hybridized carbons (Fsp3) is 0.417. The van der Waals surface area contributed by atoms with Gasteiger partial charge in [-0.15, -0.1) is 0 Å². The average molecular weight is 260 g/mol. The molecule has 0 radical (unpaired) electrons. The van der Waals surface area contributed by atoms with Gasteiger partial charge in [0, 0.05) is 31.7 Å². The highest BCUT2D eigenvalue weighted by Crippen LogP contribution is 2.23. The molecule has 7 heteroatoms. The first-order valence-electron chi connectivity index (χ1n) is 6.32. The van der Waals surface area contributed by atoms with Gasteiger partial charge in [0.1, 0.15) is 0 Å². The molecule has 3 N–H and O–H groups in total. The highest BCUT2D eigenvalue weighted by Gasteiger charge is 2.25. The van der Waals surface area contributed by atoms with Gasteiger partial charge in [0.05, 0.1) is 17.9 Å². The van der Waals surface area contributed by atoms with E-state index in [4.69, 9.17) is 5.73 Å². The lowest BCUT2D eigenvalue weighted by atomic mass is 10.1. The number of hydrogen-bond donors (Lipinski definition) is 2. The van der Waals surface area contributed by atoms with Crippen molar-refractivity contribution in [2.45, 2.75) is 18.9 Å². The standard InChI is InChI=1S/C12H16N6O/c13-9-7-16-18(8-9)10-1-5-17(6-2-10)12(19)11-14-3-4-15-11/h3-4,7-8,10H,1-2,5-6,13H2,(H,14,15). The Kier molecular flexibility index (Phi) is 2.94. The minimum absolute atomic E-state index is 0.0385. The summed E-state index contributed by atoms with van der Waals surface area (Å²) in [6, 6.07) is 0.318. The van der Waals surface area contributed by atoms with Crippen LogP contribution in [0.4, 0.5) is 5.69 Å². The van der Waals surface area contributed by atoms with Crippen LogP contribution < -0.4 is 5.73 Å². The van der Waals surface area contributed by atoms with Crippen LogP contribution in [0.15, 0.2) is 24.8 Å². The first kappa shape index (κ1) is 11.8. The smallest absolute Gasteiger partial charge is 0.289 e. The van der Waals surface area contributed by atoms with Crippen LogP contribution in [0, 0.1) is 0 Å². The van der Waals surface area contributed by atoms with Crippen molar-refractivity contribution in [3.63, 3.8) is 0 Å². The maximum Gasteiger partial charge on any atom is 0.289 e. The molecule has 0 atom stereocenters. The zero-order valence-electron chi connectivity index (χ0n) is 10.5. The molecule has 3 rings (SSSR count). The van der Waals surface area contributed by atoms with Crippen LogP contribution in [0.25, 0.3) is 0 Å². The second kappa shape index (κ2) is 4.75. The van der Waals surface area contributed by atoms with E-state index in [-0.39, 0.29) is 5.91 Å². The third-order valence-corrected chi connectivity index (χ3v) is 3.45. The number of aromatic nitrogens is 4. The third-order valence-electron chi connectivity index (χ3n) is 3.45. The molecule has 1 fully saturated rings. The van der Waals surface area contributed by atoms with Crippen molar-refractivity contribution < 1.29 is 4.79 Å². The summed E-state index contributed by atoms with van der Waals surface area (Å²) < 4.78 is 1.89. The van der Waals surface area contributed by atoms with Crippen LogP contribution in [0.3, 0.4) is 0 Å². The van der Waals surface area contributed by atoms with E-state index in [9.17, 15) is 4.79 Å². The van der Waals surface area contributed by atoms with E-state index < -0.39 is 0 Å². The van der Waals surface area contributed by atoms with Crippen molar-refractivity contribution in [1.82, 2.24) is 24.6 Å². The molecule has 0 bridgehead atoms. The summed E-state index contributed by atoms with van der Waals surface area (Å²) in [6.45, 7) is 1.42. The van der Waals surface area contributed by atoms with Gasteiger partial charge in [0.15, 0.2) is 5.82 Å². The van der Waals surface area contributed by atoms with Crippen LogP contribution in [-0.4, -0.2) is 43.6 Å². The van der Waals surface area contributed by atoms with Gasteiger partial charge in [-0.1, -0.05) is 0 Å². The van der Waals surface area contributed by atoms with E-state index in [1.54, 1.807) is 18.6 Å². The molecule has 1 amide bonds. The van der Waals surface area contributed by atoms with Gasteiger partial charge in [-0.05, 0) is 12.8 Å². The highest BCUT2D eigenvalue weighted by atomic mass is 16.2. The molecule has 7 nitrogen and oxygen atoms in total. The molecule has 2 aromatic heterocycles. The van der Waals surface area contributed by atoms with Gasteiger partial charge < -0.3 is 15.6 Å². The number of carbonyl (C=O) groups excluding carboxylic acids is 1. The number of nitrogens with one attached hydrogen (secondary N) is 1. The van der Waals surface area contributed by atoms with Gasteiger partial charge in [-0.2, -0.15) is 5.10 Å². The maximum atomic E-state index is 12.1. The van der Waals surface area contributed by atoms with Crippen molar-refractivity contribution in [3.8, 4) is 0 Å². The lowest BCUT2D eigenvalue weighted by molar-refractivity contribution is 0.0678. The van der Waals surface area contributed by atoms with Gasteiger partial charge in [0.25, 0.3) is 5.91 Å². The number of nitrogen functional groups attached to an aromatic ring is 1. The molecule has 0 aromatic carbocycles. The number of nitrogens with two attached hydrogens (primary N) is 1. The number of hydrogen-bond acceptors (Lipinski definition) is 4. The third kappa shape index (κ3) is 2.31. The number of rotatable bonds is 2. The number of anilines is 1. The molecule has 1 aliphatic heterocycles. The lowest BCUT2D eigenvalue weighted by Crippen LogP contribution is -2.39. The minimum atomic E-state index is -0.0385. The molecular formula is C12H16N6O. The van der Waals surface area contributed by atoms with E-state index in [0.29, 0.717) is 30.6 Å². The van der Waals surface area contributed by atoms with Gasteiger partial charge in [-0.25, -0.2) is 4.98 Å². The number of H-pyrrole nitrogens is 1. The predicted molar refractivity (Wildman–Crippen MR) is 69.4 cm³/mol. The zero-order chi connectivity index (χ0) is 13.2. The molecule has 2 aromatic rings. The molecular weight excluding hydrogens is 244 g/mol. The van der Waals surface area contributed by atoms with Crippen LogP contribution in [0.2, 0.25) is 0 Å². The Labute approximate surface area is 110 Å². The first-order valence-corrected chi connectivity index (χ1v) is 6.32. The van der Waals surface area contributed by atoms with Crippen molar-refractivity contribution in [2.75, 3.05) is 18.8 Å². The maximum absolute atomic E-state index is 12.1. The Bertz CT molecular complexity index is 553. The zero-order valence-corrected chi connectivity index (χ0v) is 10.5. The van der Waals surface area contributed by atoms with E-state index >= 15 is 0 Å².